The van der Waals surface area contributed by atoms with Gasteiger partial charge in [0, 0.05) is 44.0 Å². The Balaban J connectivity index is 1.51. The molecule has 2 aliphatic heterocycles. The van der Waals surface area contributed by atoms with Gasteiger partial charge in [-0.05, 0) is 30.6 Å². The molecule has 2 aliphatic carbocycles. The monoisotopic (exact) mass is 567 g/mol. The molecule has 39 heavy (non-hydrogen) atoms. The summed E-state index contributed by atoms with van der Waals surface area (Å²) in [6, 6.07) is -0.108. The van der Waals surface area contributed by atoms with E-state index >= 15 is 0 Å². The number of aromatic nitrogens is 2. The van der Waals surface area contributed by atoms with Gasteiger partial charge in [-0.1, -0.05) is 23.6 Å². The summed E-state index contributed by atoms with van der Waals surface area (Å²) in [7, 11) is 4.92. The molecule has 3 heterocycles. The number of nitrogens with zero attached hydrogens (tertiary/aromatic N) is 6. The Kier molecular flexibility index (Phi) is 8.04. The highest BCUT2D eigenvalue weighted by atomic mass is 35.5. The average molecular weight is 568 g/mol. The van der Waals surface area contributed by atoms with Crippen molar-refractivity contribution in [1.29, 1.82) is 0 Å². The van der Waals surface area contributed by atoms with E-state index in [1.807, 2.05) is 30.3 Å². The predicted octanol–water partition coefficient (Wildman–Crippen LogP) is 2.59. The largest absolute Gasteiger partial charge is 0.495 e. The van der Waals surface area contributed by atoms with Crippen LogP contribution in [0.1, 0.15) is 12.0 Å². The number of fused-ring (bicyclic) bond motifs is 1. The van der Waals surface area contributed by atoms with Gasteiger partial charge in [-0.25, -0.2) is 9.98 Å². The van der Waals surface area contributed by atoms with Crippen molar-refractivity contribution in [2.24, 2.45) is 22.0 Å². The predicted molar refractivity (Wildman–Crippen MR) is 151 cm³/mol. The maximum Gasteiger partial charge on any atom is 0.180 e. The van der Waals surface area contributed by atoms with Crippen LogP contribution in [0.3, 0.4) is 0 Å². The van der Waals surface area contributed by atoms with E-state index in [2.05, 4.69) is 27.2 Å². The van der Waals surface area contributed by atoms with Crippen molar-refractivity contribution in [1.82, 2.24) is 20.0 Å². The van der Waals surface area contributed by atoms with E-state index in [0.717, 1.165) is 22.7 Å². The second-order valence-electron chi connectivity index (χ2n) is 8.95. The fraction of sp³-hybridized carbons (Fsp3) is 0.333. The van der Waals surface area contributed by atoms with E-state index in [-0.39, 0.29) is 12.6 Å². The molecule has 4 unspecified atom stereocenters. The standard InChI is InChI=1S/C27H27Cl2N7O3/c1-35-15-16(13-32-35)20-14-31-18-7-6-17(11-19(18)33-20)36(10-4-5-23-30-9-8-24(34-23)39-3)27-25(28)21(37)12-22(38-2)26(27)29/h6,8-9,11-15,18,21,24-25,37H,7,10H2,1-3H3,(H,30,34). The number of aliphatic hydroxyl groups is 1. The molecule has 0 amide bonds. The van der Waals surface area contributed by atoms with Crippen LogP contribution in [0.5, 0.6) is 0 Å². The number of hydrogen-bond donors (Lipinski definition) is 2. The molecule has 1 aromatic rings. The first-order chi connectivity index (χ1) is 18.9. The molecule has 1 aromatic heterocycles. The fourth-order valence-corrected chi connectivity index (χ4v) is 5.11. The summed E-state index contributed by atoms with van der Waals surface area (Å²) in [5, 5.41) is 17.4. The van der Waals surface area contributed by atoms with Crippen LogP contribution in [-0.2, 0) is 16.5 Å². The number of rotatable bonds is 6. The number of hydrogen-bond acceptors (Lipinski definition) is 9. The van der Waals surface area contributed by atoms with Gasteiger partial charge in [0.05, 0.1) is 49.1 Å². The number of methoxy groups -OCH3 is 2. The Hall–Kier alpha value is -3.62. The van der Waals surface area contributed by atoms with E-state index in [9.17, 15) is 5.11 Å². The van der Waals surface area contributed by atoms with Gasteiger partial charge in [0.1, 0.15) is 16.2 Å². The first kappa shape index (κ1) is 27.0. The molecular weight excluding hydrogens is 541 g/mol. The van der Waals surface area contributed by atoms with Crippen molar-refractivity contribution in [3.63, 3.8) is 0 Å². The number of ether oxygens (including phenoxy) is 2. The van der Waals surface area contributed by atoms with Crippen LogP contribution in [0.2, 0.25) is 0 Å². The van der Waals surface area contributed by atoms with Crippen molar-refractivity contribution >= 4 is 41.0 Å². The molecule has 2 N–H and O–H groups in total. The van der Waals surface area contributed by atoms with Gasteiger partial charge in [0.25, 0.3) is 0 Å². The van der Waals surface area contributed by atoms with Crippen molar-refractivity contribution in [3.8, 4) is 11.8 Å². The summed E-state index contributed by atoms with van der Waals surface area (Å²) >= 11 is 13.5. The van der Waals surface area contributed by atoms with Crippen LogP contribution in [-0.4, -0.2) is 82.1 Å². The summed E-state index contributed by atoms with van der Waals surface area (Å²) in [6.07, 6.45) is 13.6. The number of aliphatic hydroxyl groups excluding tert-OH is 1. The summed E-state index contributed by atoms with van der Waals surface area (Å²) in [4.78, 5) is 15.8. The van der Waals surface area contributed by atoms with Crippen molar-refractivity contribution in [3.05, 3.63) is 76.3 Å². The van der Waals surface area contributed by atoms with Crippen molar-refractivity contribution < 1.29 is 14.6 Å². The Labute approximate surface area is 236 Å². The van der Waals surface area contributed by atoms with Crippen LogP contribution in [0, 0.1) is 11.8 Å². The van der Waals surface area contributed by atoms with E-state index in [4.69, 9.17) is 42.7 Å². The summed E-state index contributed by atoms with van der Waals surface area (Å²) in [5.41, 5.74) is 3.65. The molecule has 5 rings (SSSR count). The SMILES string of the molecule is COC1=CC(O)C(Cl)C(N(CC#CC2=NC(OC)C=CN2)C2=CCC3N=CC(c4cnn(C)c4)=NC3=C2)=C1Cl. The third-order valence-electron chi connectivity index (χ3n) is 6.38. The number of halogens is 2. The highest BCUT2D eigenvalue weighted by molar-refractivity contribution is 6.39. The zero-order valence-electron chi connectivity index (χ0n) is 21.5. The molecule has 0 bridgehead atoms. The van der Waals surface area contributed by atoms with Gasteiger partial charge < -0.3 is 24.8 Å². The minimum absolute atomic E-state index is 0.108. The lowest BCUT2D eigenvalue weighted by Crippen LogP contribution is -2.37. The highest BCUT2D eigenvalue weighted by Gasteiger charge is 2.35. The quantitative estimate of drug-likeness (QED) is 0.404. The molecule has 0 saturated carbocycles. The third kappa shape index (κ3) is 5.72. The number of nitrogens with one attached hydrogen (secondary N) is 1. The summed E-state index contributed by atoms with van der Waals surface area (Å²) in [6.45, 7) is 0.198. The minimum Gasteiger partial charge on any atom is -0.495 e. The average Bonchev–Trinajstić information content (AvgIpc) is 3.40. The number of allylic oxidation sites excluding steroid dienone is 2. The molecular formula is C27H27Cl2N7O3. The number of alkyl halides is 1. The maximum absolute atomic E-state index is 10.7. The van der Waals surface area contributed by atoms with Gasteiger partial charge in [-0.2, -0.15) is 5.10 Å². The Bertz CT molecular complexity index is 1450. The molecule has 4 atom stereocenters. The Morgan fingerprint density at radius 1 is 1.33 bits per heavy atom. The van der Waals surface area contributed by atoms with Gasteiger partial charge in [0.15, 0.2) is 12.1 Å². The minimum atomic E-state index is -1.01. The zero-order chi connectivity index (χ0) is 27.5. The Morgan fingerprint density at radius 3 is 2.92 bits per heavy atom. The van der Waals surface area contributed by atoms with E-state index in [1.54, 1.807) is 36.5 Å². The molecule has 0 aromatic carbocycles. The lowest BCUT2D eigenvalue weighted by Gasteiger charge is -2.36. The number of amidine groups is 1. The second-order valence-corrected chi connectivity index (χ2v) is 9.80. The molecule has 0 fully saturated rings. The van der Waals surface area contributed by atoms with Gasteiger partial charge >= 0.3 is 0 Å². The molecule has 4 aliphatic rings. The van der Waals surface area contributed by atoms with E-state index < -0.39 is 17.7 Å². The maximum atomic E-state index is 10.7. The molecule has 202 valence electrons. The van der Waals surface area contributed by atoms with Gasteiger partial charge in [-0.3, -0.25) is 9.67 Å². The zero-order valence-corrected chi connectivity index (χ0v) is 23.1. The first-order valence-corrected chi connectivity index (χ1v) is 13.0. The van der Waals surface area contributed by atoms with Crippen LogP contribution in [0.15, 0.2) is 85.8 Å². The second kappa shape index (κ2) is 11.6. The molecule has 0 saturated heterocycles. The molecule has 0 radical (unpaired) electrons. The molecule has 10 nitrogen and oxygen atoms in total. The first-order valence-electron chi connectivity index (χ1n) is 12.2. The van der Waals surface area contributed by atoms with Crippen LogP contribution in [0.4, 0.5) is 0 Å². The van der Waals surface area contributed by atoms with Crippen molar-refractivity contribution in [2.75, 3.05) is 20.8 Å². The van der Waals surface area contributed by atoms with E-state index in [0.29, 0.717) is 28.7 Å². The third-order valence-corrected chi connectivity index (χ3v) is 7.23. The number of aliphatic imine (C=N–C) groups is 3. The van der Waals surface area contributed by atoms with Gasteiger partial charge in [-0.15, -0.1) is 11.6 Å². The molecule has 0 spiro atoms. The lowest BCUT2D eigenvalue weighted by atomic mass is 9.99. The summed E-state index contributed by atoms with van der Waals surface area (Å²) in [5.74, 6) is 6.99. The normalized spacial score (nSPS) is 25.7. The fourth-order valence-electron chi connectivity index (χ4n) is 4.39. The number of aryl methyl sites for hydroxylation is 1. The van der Waals surface area contributed by atoms with Crippen LogP contribution in [0.25, 0.3) is 0 Å². The van der Waals surface area contributed by atoms with Gasteiger partial charge in [0.2, 0.25) is 0 Å². The lowest BCUT2D eigenvalue weighted by molar-refractivity contribution is 0.147. The highest BCUT2D eigenvalue weighted by Crippen LogP contribution is 2.38. The topological polar surface area (TPSA) is 109 Å². The van der Waals surface area contributed by atoms with Crippen LogP contribution < -0.4 is 5.32 Å². The van der Waals surface area contributed by atoms with E-state index in [1.165, 1.54) is 13.2 Å². The smallest absolute Gasteiger partial charge is 0.180 e. The molecule has 12 heteroatoms. The summed E-state index contributed by atoms with van der Waals surface area (Å²) < 4.78 is 12.4. The van der Waals surface area contributed by atoms with Crippen molar-refractivity contribution in [2.45, 2.75) is 30.2 Å². The van der Waals surface area contributed by atoms with Crippen LogP contribution >= 0.6 is 23.2 Å². The Morgan fingerprint density at radius 2 is 2.18 bits per heavy atom.